The molecule has 2 N–H and O–H groups in total. The van der Waals surface area contributed by atoms with Gasteiger partial charge in [0.1, 0.15) is 11.1 Å². The fourth-order valence-corrected chi connectivity index (χ4v) is 3.30. The molecule has 8 heteroatoms. The zero-order valence-electron chi connectivity index (χ0n) is 13.1. The molecule has 0 spiro atoms. The van der Waals surface area contributed by atoms with E-state index in [4.69, 9.17) is 16.0 Å². The lowest BCUT2D eigenvalue weighted by molar-refractivity contribution is 0.0758. The van der Waals surface area contributed by atoms with Gasteiger partial charge in [-0.1, -0.05) is 11.6 Å². The molecule has 0 saturated heterocycles. The minimum Gasteiger partial charge on any atom is -0.422 e. The van der Waals surface area contributed by atoms with Gasteiger partial charge in [0.15, 0.2) is 0 Å². The summed E-state index contributed by atoms with van der Waals surface area (Å²) in [6, 6.07) is 6.36. The Morgan fingerprint density at radius 2 is 1.92 bits per heavy atom. The van der Waals surface area contributed by atoms with Crippen LogP contribution in [0, 0.1) is 0 Å². The molecule has 2 aromatic heterocycles. The summed E-state index contributed by atoms with van der Waals surface area (Å²) in [5, 5.41) is 6.47. The van der Waals surface area contributed by atoms with Gasteiger partial charge in [0.25, 0.3) is 11.5 Å². The number of carbonyl (C=O) groups is 1. The van der Waals surface area contributed by atoms with Crippen LogP contribution in [0.4, 0.5) is 0 Å². The number of hydrogen-bond acceptors (Lipinski definition) is 4. The third-order valence-electron chi connectivity index (χ3n) is 4.44. The van der Waals surface area contributed by atoms with Gasteiger partial charge >= 0.3 is 5.63 Å². The Hall–Kier alpha value is -2.80. The molecule has 3 aromatic rings. The van der Waals surface area contributed by atoms with Gasteiger partial charge in [-0.15, -0.1) is 0 Å². The monoisotopic (exact) mass is 359 g/mol. The number of carbonyl (C=O) groups excluding carboxylic acids is 1. The number of nitrogens with one attached hydrogen (secondary N) is 2. The lowest BCUT2D eigenvalue weighted by Crippen LogP contribution is -2.36. The second kappa shape index (κ2) is 5.93. The highest BCUT2D eigenvalue weighted by molar-refractivity contribution is 6.31. The average molecular weight is 360 g/mol. The molecule has 0 bridgehead atoms. The predicted molar refractivity (Wildman–Crippen MR) is 92.2 cm³/mol. The van der Waals surface area contributed by atoms with Crippen molar-refractivity contribution in [3.63, 3.8) is 0 Å². The number of aromatic amines is 2. The Kier molecular flexibility index (Phi) is 3.73. The van der Waals surface area contributed by atoms with Crippen molar-refractivity contribution in [2.24, 2.45) is 0 Å². The molecular weight excluding hydrogens is 346 g/mol. The van der Waals surface area contributed by atoms with Crippen LogP contribution in [-0.2, 0) is 12.8 Å². The fraction of sp³-hybridized carbons (Fsp3) is 0.235. The molecule has 0 atom stereocenters. The SMILES string of the molecule is O=C(c1cc2cc(Cl)ccc2oc1=O)N1CCc2[nH][nH]c(=O)c2CC1. The van der Waals surface area contributed by atoms with Crippen LogP contribution in [0.5, 0.6) is 0 Å². The molecule has 1 amide bonds. The quantitative estimate of drug-likeness (QED) is 0.646. The number of nitrogens with zero attached hydrogens (tertiary/aromatic N) is 1. The molecule has 0 fully saturated rings. The lowest BCUT2D eigenvalue weighted by Gasteiger charge is -2.19. The number of amides is 1. The van der Waals surface area contributed by atoms with Gasteiger partial charge in [0, 0.05) is 41.2 Å². The largest absolute Gasteiger partial charge is 0.422 e. The standard InChI is InChI=1S/C17H14ClN3O4/c18-10-1-2-14-9(7-10)8-12(17(24)25-14)16(23)21-5-3-11-13(4-6-21)19-20-15(11)22/h1-2,7-8H,3-6H2,(H2,19,20,22). The van der Waals surface area contributed by atoms with E-state index in [9.17, 15) is 14.4 Å². The van der Waals surface area contributed by atoms with Crippen molar-refractivity contribution in [2.75, 3.05) is 13.1 Å². The Balaban J connectivity index is 1.67. The maximum Gasteiger partial charge on any atom is 0.349 e. The summed E-state index contributed by atoms with van der Waals surface area (Å²) in [7, 11) is 0. The van der Waals surface area contributed by atoms with Crippen molar-refractivity contribution in [1.82, 2.24) is 15.1 Å². The normalized spacial score (nSPS) is 14.4. The maximum absolute atomic E-state index is 12.8. The van der Waals surface area contributed by atoms with E-state index in [0.717, 1.165) is 5.69 Å². The topological polar surface area (TPSA) is 99.2 Å². The molecular formula is C17H14ClN3O4. The maximum atomic E-state index is 12.8. The Labute approximate surface area is 146 Å². The van der Waals surface area contributed by atoms with E-state index in [0.29, 0.717) is 47.5 Å². The molecule has 0 unspecified atom stereocenters. The summed E-state index contributed by atoms with van der Waals surface area (Å²) in [6.45, 7) is 0.770. The van der Waals surface area contributed by atoms with E-state index < -0.39 is 11.5 Å². The Morgan fingerprint density at radius 3 is 2.76 bits per heavy atom. The first kappa shape index (κ1) is 15.7. The van der Waals surface area contributed by atoms with Crippen molar-refractivity contribution < 1.29 is 9.21 Å². The summed E-state index contributed by atoms with van der Waals surface area (Å²) < 4.78 is 5.23. The number of benzene rings is 1. The second-order valence-corrected chi connectivity index (χ2v) is 6.39. The van der Waals surface area contributed by atoms with Crippen molar-refractivity contribution in [1.29, 1.82) is 0 Å². The zero-order valence-corrected chi connectivity index (χ0v) is 13.9. The van der Waals surface area contributed by atoms with E-state index in [-0.39, 0.29) is 11.1 Å². The summed E-state index contributed by atoms with van der Waals surface area (Å²) in [5.41, 5.74) is 0.965. The third kappa shape index (κ3) is 2.76. The highest BCUT2D eigenvalue weighted by Crippen LogP contribution is 2.20. The van der Waals surface area contributed by atoms with Gasteiger partial charge in [-0.25, -0.2) is 4.79 Å². The fourth-order valence-electron chi connectivity index (χ4n) is 3.12. The number of H-pyrrole nitrogens is 2. The first-order valence-electron chi connectivity index (χ1n) is 7.84. The summed E-state index contributed by atoms with van der Waals surface area (Å²) in [6.07, 6.45) is 0.954. The predicted octanol–water partition coefficient (Wildman–Crippen LogP) is 1.70. The molecule has 0 aliphatic carbocycles. The van der Waals surface area contributed by atoms with Crippen LogP contribution in [0.25, 0.3) is 11.0 Å². The molecule has 1 aliphatic heterocycles. The van der Waals surface area contributed by atoms with Crippen molar-refractivity contribution in [3.8, 4) is 0 Å². The highest BCUT2D eigenvalue weighted by atomic mass is 35.5. The van der Waals surface area contributed by atoms with E-state index >= 15 is 0 Å². The molecule has 25 heavy (non-hydrogen) atoms. The van der Waals surface area contributed by atoms with Crippen molar-refractivity contribution in [3.05, 3.63) is 66.9 Å². The van der Waals surface area contributed by atoms with Crippen LogP contribution < -0.4 is 11.2 Å². The van der Waals surface area contributed by atoms with Gasteiger partial charge in [-0.05, 0) is 30.7 Å². The molecule has 4 rings (SSSR count). The zero-order chi connectivity index (χ0) is 17.6. The van der Waals surface area contributed by atoms with Crippen LogP contribution in [0.2, 0.25) is 5.02 Å². The van der Waals surface area contributed by atoms with Crippen molar-refractivity contribution >= 4 is 28.5 Å². The number of halogens is 1. The second-order valence-electron chi connectivity index (χ2n) is 5.96. The van der Waals surface area contributed by atoms with Crippen LogP contribution in [0.15, 0.2) is 38.3 Å². The number of rotatable bonds is 1. The van der Waals surface area contributed by atoms with E-state index in [2.05, 4.69) is 10.2 Å². The molecule has 7 nitrogen and oxygen atoms in total. The molecule has 3 heterocycles. The summed E-state index contributed by atoms with van der Waals surface area (Å²) >= 11 is 5.96. The van der Waals surface area contributed by atoms with Gasteiger partial charge < -0.3 is 14.4 Å². The molecule has 1 aromatic carbocycles. The lowest BCUT2D eigenvalue weighted by atomic mass is 10.1. The molecule has 0 radical (unpaired) electrons. The van der Waals surface area contributed by atoms with Crippen LogP contribution >= 0.6 is 11.6 Å². The first-order valence-corrected chi connectivity index (χ1v) is 8.22. The summed E-state index contributed by atoms with van der Waals surface area (Å²) in [5.74, 6) is -0.405. The minimum absolute atomic E-state index is 0.0331. The molecule has 1 aliphatic rings. The van der Waals surface area contributed by atoms with Gasteiger partial charge in [0.05, 0.1) is 0 Å². The van der Waals surface area contributed by atoms with Crippen molar-refractivity contribution in [2.45, 2.75) is 12.8 Å². The Morgan fingerprint density at radius 1 is 1.12 bits per heavy atom. The summed E-state index contributed by atoms with van der Waals surface area (Å²) in [4.78, 5) is 38.3. The van der Waals surface area contributed by atoms with Gasteiger partial charge in [-0.3, -0.25) is 14.7 Å². The van der Waals surface area contributed by atoms with Crippen LogP contribution in [0.3, 0.4) is 0 Å². The minimum atomic E-state index is -0.680. The van der Waals surface area contributed by atoms with E-state index in [1.807, 2.05) is 0 Å². The van der Waals surface area contributed by atoms with Gasteiger partial charge in [-0.2, -0.15) is 0 Å². The third-order valence-corrected chi connectivity index (χ3v) is 4.68. The number of hydrogen-bond donors (Lipinski definition) is 2. The molecule has 0 saturated carbocycles. The first-order chi connectivity index (χ1) is 12.0. The Bertz CT molecular complexity index is 1100. The smallest absolute Gasteiger partial charge is 0.349 e. The number of aromatic nitrogens is 2. The average Bonchev–Trinajstić information content (AvgIpc) is 2.81. The van der Waals surface area contributed by atoms with E-state index in [1.165, 1.54) is 6.07 Å². The van der Waals surface area contributed by atoms with Crippen LogP contribution in [0.1, 0.15) is 21.6 Å². The molecule has 128 valence electrons. The highest BCUT2D eigenvalue weighted by Gasteiger charge is 2.24. The number of fused-ring (bicyclic) bond motifs is 2. The van der Waals surface area contributed by atoms with Gasteiger partial charge in [0.2, 0.25) is 0 Å². The van der Waals surface area contributed by atoms with Crippen LogP contribution in [-0.4, -0.2) is 34.1 Å². The van der Waals surface area contributed by atoms with E-state index in [1.54, 1.807) is 23.1 Å².